The molecule has 0 radical (unpaired) electrons. The van der Waals surface area contributed by atoms with Crippen LogP contribution in [0.1, 0.15) is 65.2 Å². The highest BCUT2D eigenvalue weighted by Gasteiger charge is 2.28. The lowest BCUT2D eigenvalue weighted by Gasteiger charge is -2.23. The molecule has 1 aliphatic heterocycles. The van der Waals surface area contributed by atoms with E-state index in [1.807, 2.05) is 24.0 Å². The van der Waals surface area contributed by atoms with Gasteiger partial charge in [0.15, 0.2) is 0 Å². The van der Waals surface area contributed by atoms with Gasteiger partial charge in [0.25, 0.3) is 0 Å². The standard InChI is InChI=1S/C19H33NO4S/c1-3-4-5-6-17(21)10-8-16-9-11-18(22)20(16)13-14-25-15(2)7-12-19(23)24/h8,10,15-17,21H,3-7,9,11-14H2,1-2H3,(H,23,24). The smallest absolute Gasteiger partial charge is 0.303 e. The minimum Gasteiger partial charge on any atom is -0.481 e. The van der Waals surface area contributed by atoms with Crippen molar-refractivity contribution in [3.05, 3.63) is 12.2 Å². The molecule has 1 aliphatic rings. The van der Waals surface area contributed by atoms with Crippen LogP contribution in [0.5, 0.6) is 0 Å². The van der Waals surface area contributed by atoms with E-state index in [0.29, 0.717) is 19.4 Å². The molecule has 1 rings (SSSR count). The summed E-state index contributed by atoms with van der Waals surface area (Å²) in [6.45, 7) is 4.86. The van der Waals surface area contributed by atoms with Crippen LogP contribution in [0.4, 0.5) is 0 Å². The van der Waals surface area contributed by atoms with Gasteiger partial charge in [-0.25, -0.2) is 0 Å². The fourth-order valence-corrected chi connectivity index (χ4v) is 3.95. The van der Waals surface area contributed by atoms with Crippen molar-refractivity contribution < 1.29 is 19.8 Å². The molecule has 144 valence electrons. The molecule has 1 heterocycles. The van der Waals surface area contributed by atoms with Crippen LogP contribution in [-0.2, 0) is 9.59 Å². The minimum atomic E-state index is -0.759. The van der Waals surface area contributed by atoms with Crippen LogP contribution < -0.4 is 0 Å². The van der Waals surface area contributed by atoms with Gasteiger partial charge in [0.2, 0.25) is 5.91 Å². The third-order valence-electron chi connectivity index (χ3n) is 4.53. The number of likely N-dealkylation sites (tertiary alicyclic amines) is 1. The third kappa shape index (κ3) is 9.31. The zero-order chi connectivity index (χ0) is 18.7. The molecule has 1 saturated heterocycles. The van der Waals surface area contributed by atoms with E-state index in [1.165, 1.54) is 0 Å². The Bertz CT molecular complexity index is 441. The molecule has 6 heteroatoms. The first-order chi connectivity index (χ1) is 11.9. The maximum Gasteiger partial charge on any atom is 0.303 e. The Morgan fingerprint density at radius 1 is 1.40 bits per heavy atom. The number of thioether (sulfide) groups is 1. The van der Waals surface area contributed by atoms with Crippen molar-refractivity contribution in [2.45, 2.75) is 82.6 Å². The number of hydrogen-bond acceptors (Lipinski definition) is 4. The quantitative estimate of drug-likeness (QED) is 0.383. The van der Waals surface area contributed by atoms with Crippen molar-refractivity contribution in [3.8, 4) is 0 Å². The van der Waals surface area contributed by atoms with Crippen LogP contribution in [0.3, 0.4) is 0 Å². The predicted octanol–water partition coefficient (Wildman–Crippen LogP) is 3.46. The number of carboxylic acid groups (broad SMARTS) is 1. The molecule has 0 aromatic heterocycles. The van der Waals surface area contributed by atoms with Gasteiger partial charge >= 0.3 is 5.97 Å². The van der Waals surface area contributed by atoms with Crippen LogP contribution in [0.25, 0.3) is 0 Å². The molecule has 2 N–H and O–H groups in total. The van der Waals surface area contributed by atoms with Gasteiger partial charge in [0.05, 0.1) is 12.1 Å². The molecule has 3 unspecified atom stereocenters. The zero-order valence-electron chi connectivity index (χ0n) is 15.5. The van der Waals surface area contributed by atoms with Gasteiger partial charge in [0.1, 0.15) is 0 Å². The summed E-state index contributed by atoms with van der Waals surface area (Å²) in [7, 11) is 0. The molecule has 0 aromatic carbocycles. The van der Waals surface area contributed by atoms with Crippen molar-refractivity contribution in [1.29, 1.82) is 0 Å². The number of amides is 1. The average molecular weight is 372 g/mol. The van der Waals surface area contributed by atoms with Gasteiger partial charge in [0, 0.05) is 30.4 Å². The predicted molar refractivity (Wildman–Crippen MR) is 103 cm³/mol. The summed E-state index contributed by atoms with van der Waals surface area (Å²) in [5.74, 6) is 0.231. The topological polar surface area (TPSA) is 77.8 Å². The highest BCUT2D eigenvalue weighted by Crippen LogP contribution is 2.22. The van der Waals surface area contributed by atoms with E-state index in [1.54, 1.807) is 11.8 Å². The van der Waals surface area contributed by atoms with E-state index in [4.69, 9.17) is 5.11 Å². The third-order valence-corrected chi connectivity index (χ3v) is 5.76. The number of aliphatic carboxylic acids is 1. The molecule has 3 atom stereocenters. The van der Waals surface area contributed by atoms with Gasteiger partial charge in [-0.3, -0.25) is 9.59 Å². The van der Waals surface area contributed by atoms with Gasteiger partial charge in [-0.1, -0.05) is 45.3 Å². The lowest BCUT2D eigenvalue weighted by Crippen LogP contribution is -2.34. The fraction of sp³-hybridized carbons (Fsp3) is 0.789. The SMILES string of the molecule is CCCCCC(O)C=CC1CCC(=O)N1CCSC(C)CCC(=O)O. The van der Waals surface area contributed by atoms with Gasteiger partial charge in [-0.15, -0.1) is 0 Å². The normalized spacial score (nSPS) is 20.4. The van der Waals surface area contributed by atoms with Crippen molar-refractivity contribution in [2.75, 3.05) is 12.3 Å². The Morgan fingerprint density at radius 3 is 2.84 bits per heavy atom. The summed E-state index contributed by atoms with van der Waals surface area (Å²) in [6, 6.07) is 0.0863. The number of hydrogen-bond donors (Lipinski definition) is 2. The monoisotopic (exact) mass is 371 g/mol. The summed E-state index contributed by atoms with van der Waals surface area (Å²) < 4.78 is 0. The number of unbranched alkanes of at least 4 members (excludes halogenated alkanes) is 2. The van der Waals surface area contributed by atoms with Crippen LogP contribution in [0, 0.1) is 0 Å². The van der Waals surface area contributed by atoms with E-state index < -0.39 is 12.1 Å². The minimum absolute atomic E-state index is 0.0863. The van der Waals surface area contributed by atoms with Crippen molar-refractivity contribution in [2.24, 2.45) is 0 Å². The van der Waals surface area contributed by atoms with Crippen LogP contribution in [0.15, 0.2) is 12.2 Å². The lowest BCUT2D eigenvalue weighted by molar-refractivity contribution is -0.137. The Hall–Kier alpha value is -1.01. The summed E-state index contributed by atoms with van der Waals surface area (Å²) in [5.41, 5.74) is 0. The van der Waals surface area contributed by atoms with Crippen LogP contribution in [-0.4, -0.2) is 56.7 Å². The van der Waals surface area contributed by atoms with E-state index in [2.05, 4.69) is 6.92 Å². The Balaban J connectivity index is 2.35. The molecule has 1 amide bonds. The number of nitrogens with zero attached hydrogens (tertiary/aromatic N) is 1. The second-order valence-corrected chi connectivity index (χ2v) is 8.30. The number of carbonyl (C=O) groups is 2. The van der Waals surface area contributed by atoms with Gasteiger partial charge in [-0.05, 0) is 19.3 Å². The summed E-state index contributed by atoms with van der Waals surface area (Å²) in [6.07, 6.45) is 9.72. The first-order valence-electron chi connectivity index (χ1n) is 9.43. The first-order valence-corrected chi connectivity index (χ1v) is 10.5. The van der Waals surface area contributed by atoms with E-state index in [0.717, 1.165) is 37.9 Å². The second kappa shape index (κ2) is 12.4. The molecule has 25 heavy (non-hydrogen) atoms. The average Bonchev–Trinajstić information content (AvgIpc) is 2.91. The number of aliphatic hydroxyl groups excluding tert-OH is 1. The zero-order valence-corrected chi connectivity index (χ0v) is 16.3. The summed E-state index contributed by atoms with van der Waals surface area (Å²) in [5, 5.41) is 19.0. The molecule has 1 fully saturated rings. The van der Waals surface area contributed by atoms with E-state index in [-0.39, 0.29) is 23.6 Å². The Kier molecular flexibility index (Phi) is 10.9. The molecule has 0 aliphatic carbocycles. The van der Waals surface area contributed by atoms with E-state index in [9.17, 15) is 14.7 Å². The highest BCUT2D eigenvalue weighted by atomic mass is 32.2. The van der Waals surface area contributed by atoms with Crippen LogP contribution >= 0.6 is 11.8 Å². The molecule has 5 nitrogen and oxygen atoms in total. The van der Waals surface area contributed by atoms with Gasteiger partial charge < -0.3 is 15.1 Å². The largest absolute Gasteiger partial charge is 0.481 e. The number of aliphatic hydroxyl groups is 1. The number of carboxylic acids is 1. The Morgan fingerprint density at radius 2 is 2.16 bits per heavy atom. The molecular formula is C19H33NO4S. The molecule has 0 aromatic rings. The maximum absolute atomic E-state index is 12.1. The summed E-state index contributed by atoms with van der Waals surface area (Å²) >= 11 is 1.72. The highest BCUT2D eigenvalue weighted by molar-refractivity contribution is 7.99. The van der Waals surface area contributed by atoms with Crippen molar-refractivity contribution in [3.63, 3.8) is 0 Å². The first kappa shape index (κ1) is 22.0. The second-order valence-electron chi connectivity index (χ2n) is 6.76. The van der Waals surface area contributed by atoms with E-state index >= 15 is 0 Å². The molecule has 0 spiro atoms. The van der Waals surface area contributed by atoms with Crippen LogP contribution in [0.2, 0.25) is 0 Å². The Labute approximate surface area is 155 Å². The molecular weight excluding hydrogens is 338 g/mol. The number of carbonyl (C=O) groups excluding carboxylic acids is 1. The van der Waals surface area contributed by atoms with Gasteiger partial charge in [-0.2, -0.15) is 11.8 Å². The molecule has 0 saturated carbocycles. The van der Waals surface area contributed by atoms with Crippen molar-refractivity contribution >= 4 is 23.6 Å². The summed E-state index contributed by atoms with van der Waals surface area (Å²) in [4.78, 5) is 24.6. The maximum atomic E-state index is 12.1. The number of rotatable bonds is 13. The fourth-order valence-electron chi connectivity index (χ4n) is 2.96. The molecule has 0 bridgehead atoms. The van der Waals surface area contributed by atoms with Crippen molar-refractivity contribution in [1.82, 2.24) is 4.90 Å². The lowest BCUT2D eigenvalue weighted by atomic mass is 10.1.